The summed E-state index contributed by atoms with van der Waals surface area (Å²) in [6.45, 7) is 12.6. The van der Waals surface area contributed by atoms with Crippen LogP contribution in [0.25, 0.3) is 0 Å². The fourth-order valence-corrected chi connectivity index (χ4v) is 3.74. The third kappa shape index (κ3) is 4.62. The Morgan fingerprint density at radius 3 is 2.42 bits per heavy atom. The van der Waals surface area contributed by atoms with Crippen LogP contribution in [0.5, 0.6) is 0 Å². The monoisotopic (exact) mass is 340 g/mol. The minimum absolute atomic E-state index is 0.182. The number of amides is 1. The largest absolute Gasteiger partial charge is 0.467 e. The molecule has 2 atom stereocenters. The van der Waals surface area contributed by atoms with Crippen molar-refractivity contribution in [3.8, 4) is 0 Å². The molecule has 6 nitrogen and oxygen atoms in total. The van der Waals surface area contributed by atoms with Gasteiger partial charge in [-0.25, -0.2) is 9.59 Å². The van der Waals surface area contributed by atoms with Crippen molar-refractivity contribution >= 4 is 12.1 Å². The lowest BCUT2D eigenvalue weighted by molar-refractivity contribution is -0.145. The Bertz CT molecular complexity index is 484. The summed E-state index contributed by atoms with van der Waals surface area (Å²) in [5.41, 5.74) is -0.304. The third-order valence-corrected chi connectivity index (χ3v) is 4.83. The Labute approximate surface area is 145 Å². The van der Waals surface area contributed by atoms with Gasteiger partial charge in [0.05, 0.1) is 7.11 Å². The molecule has 2 rings (SSSR count). The Kier molecular flexibility index (Phi) is 5.47. The van der Waals surface area contributed by atoms with Crippen LogP contribution in [-0.4, -0.2) is 66.3 Å². The van der Waals surface area contributed by atoms with Crippen molar-refractivity contribution in [1.82, 2.24) is 9.80 Å². The number of piperidine rings is 1. The molecule has 2 saturated heterocycles. The summed E-state index contributed by atoms with van der Waals surface area (Å²) in [7, 11) is 1.37. The summed E-state index contributed by atoms with van der Waals surface area (Å²) in [4.78, 5) is 28.7. The molecule has 0 aliphatic carbocycles. The Morgan fingerprint density at radius 1 is 1.21 bits per heavy atom. The van der Waals surface area contributed by atoms with Crippen LogP contribution in [0.2, 0.25) is 0 Å². The van der Waals surface area contributed by atoms with Crippen molar-refractivity contribution in [3.63, 3.8) is 0 Å². The number of carbonyl (C=O) groups is 2. The van der Waals surface area contributed by atoms with Crippen LogP contribution < -0.4 is 0 Å². The number of esters is 1. The maximum atomic E-state index is 12.5. The molecule has 0 spiro atoms. The van der Waals surface area contributed by atoms with E-state index in [2.05, 4.69) is 18.7 Å². The zero-order valence-corrected chi connectivity index (χ0v) is 15.9. The van der Waals surface area contributed by atoms with Gasteiger partial charge in [-0.05, 0) is 52.0 Å². The van der Waals surface area contributed by atoms with Gasteiger partial charge in [-0.2, -0.15) is 0 Å². The number of ether oxygens (including phenoxy) is 2. The van der Waals surface area contributed by atoms with Gasteiger partial charge in [-0.15, -0.1) is 0 Å². The van der Waals surface area contributed by atoms with Crippen molar-refractivity contribution < 1.29 is 19.1 Å². The zero-order chi connectivity index (χ0) is 18.1. The van der Waals surface area contributed by atoms with Gasteiger partial charge in [-0.3, -0.25) is 9.80 Å². The Hall–Kier alpha value is -1.30. The van der Waals surface area contributed by atoms with Gasteiger partial charge in [0, 0.05) is 19.1 Å². The number of rotatable bonds is 2. The van der Waals surface area contributed by atoms with Crippen molar-refractivity contribution in [3.05, 3.63) is 0 Å². The second-order valence-corrected chi connectivity index (χ2v) is 8.80. The molecule has 2 aliphatic heterocycles. The van der Waals surface area contributed by atoms with E-state index in [1.165, 1.54) is 13.5 Å². The number of hydrogen-bond acceptors (Lipinski definition) is 5. The third-order valence-electron chi connectivity index (χ3n) is 4.83. The highest BCUT2D eigenvalue weighted by molar-refractivity contribution is 5.82. The molecule has 0 radical (unpaired) electrons. The van der Waals surface area contributed by atoms with Gasteiger partial charge in [0.15, 0.2) is 0 Å². The summed E-state index contributed by atoms with van der Waals surface area (Å²) < 4.78 is 10.4. The molecule has 0 aromatic heterocycles. The molecular formula is C18H32N2O4. The van der Waals surface area contributed by atoms with Crippen molar-refractivity contribution in [1.29, 1.82) is 0 Å². The van der Waals surface area contributed by atoms with Gasteiger partial charge in [-0.1, -0.05) is 13.8 Å². The molecule has 138 valence electrons. The Balaban J connectivity index is 2.12. The van der Waals surface area contributed by atoms with Crippen molar-refractivity contribution in [2.45, 2.75) is 71.6 Å². The summed E-state index contributed by atoms with van der Waals surface area (Å²) in [5, 5.41) is 0. The molecule has 2 fully saturated rings. The van der Waals surface area contributed by atoms with E-state index >= 15 is 0 Å². The number of methoxy groups -OCH3 is 1. The molecule has 1 amide bonds. The average Bonchev–Trinajstić information content (AvgIpc) is 2.89. The lowest BCUT2D eigenvalue weighted by Crippen LogP contribution is -2.47. The van der Waals surface area contributed by atoms with E-state index in [9.17, 15) is 9.59 Å². The topological polar surface area (TPSA) is 59.1 Å². The van der Waals surface area contributed by atoms with Gasteiger partial charge in [0.25, 0.3) is 0 Å². The van der Waals surface area contributed by atoms with E-state index in [4.69, 9.17) is 9.47 Å². The first-order valence-corrected chi connectivity index (χ1v) is 8.84. The van der Waals surface area contributed by atoms with Crippen LogP contribution in [0.3, 0.4) is 0 Å². The molecule has 0 saturated carbocycles. The normalized spacial score (nSPS) is 27.8. The fourth-order valence-electron chi connectivity index (χ4n) is 3.74. The molecule has 2 heterocycles. The maximum Gasteiger partial charge on any atom is 0.411 e. The van der Waals surface area contributed by atoms with Gasteiger partial charge >= 0.3 is 12.1 Å². The van der Waals surface area contributed by atoms with E-state index < -0.39 is 17.7 Å². The summed E-state index contributed by atoms with van der Waals surface area (Å²) in [5.74, 6) is -0.361. The summed E-state index contributed by atoms with van der Waals surface area (Å²) >= 11 is 0. The van der Waals surface area contributed by atoms with Gasteiger partial charge < -0.3 is 9.47 Å². The number of hydrogen-bond donors (Lipinski definition) is 0. The van der Waals surface area contributed by atoms with Crippen LogP contribution in [0.15, 0.2) is 0 Å². The average molecular weight is 340 g/mol. The zero-order valence-electron chi connectivity index (χ0n) is 15.9. The highest BCUT2D eigenvalue weighted by atomic mass is 16.6. The lowest BCUT2D eigenvalue weighted by atomic mass is 9.83. The number of likely N-dealkylation sites (tertiary alicyclic amines) is 2. The first-order valence-electron chi connectivity index (χ1n) is 8.84. The highest BCUT2D eigenvalue weighted by Gasteiger charge is 2.45. The quantitative estimate of drug-likeness (QED) is 0.723. The molecule has 0 bridgehead atoms. The molecule has 6 heteroatoms. The lowest BCUT2D eigenvalue weighted by Gasteiger charge is -2.41. The molecule has 0 aromatic rings. The summed E-state index contributed by atoms with van der Waals surface area (Å²) in [6.07, 6.45) is 2.55. The van der Waals surface area contributed by atoms with Crippen molar-refractivity contribution in [2.75, 3.05) is 26.7 Å². The summed E-state index contributed by atoms with van der Waals surface area (Å²) in [6, 6.07) is -0.374. The van der Waals surface area contributed by atoms with Gasteiger partial charge in [0.1, 0.15) is 11.6 Å². The molecule has 0 aromatic carbocycles. The second-order valence-electron chi connectivity index (χ2n) is 8.80. The van der Waals surface area contributed by atoms with E-state index in [1.807, 2.05) is 20.8 Å². The minimum atomic E-state index is -0.580. The first-order chi connectivity index (χ1) is 11.0. The molecular weight excluding hydrogens is 308 g/mol. The van der Waals surface area contributed by atoms with Crippen LogP contribution in [-0.2, 0) is 14.3 Å². The predicted molar refractivity (Wildman–Crippen MR) is 91.7 cm³/mol. The molecule has 24 heavy (non-hydrogen) atoms. The predicted octanol–water partition coefficient (Wildman–Crippen LogP) is 2.66. The van der Waals surface area contributed by atoms with E-state index in [0.717, 1.165) is 19.5 Å². The van der Waals surface area contributed by atoms with Crippen molar-refractivity contribution in [2.24, 2.45) is 5.41 Å². The minimum Gasteiger partial charge on any atom is -0.467 e. The highest BCUT2D eigenvalue weighted by Crippen LogP contribution is 2.33. The standard InChI is InChI=1S/C18H32N2O4/c1-17(2,3)24-16(22)20-11-13(10-14(20)15(21)23-6)19-9-7-8-18(4,5)12-19/h13-14H,7-12H2,1-6H3/t13?,14-/m0/s1. The van der Waals surface area contributed by atoms with Crippen LogP contribution in [0.1, 0.15) is 53.9 Å². The van der Waals surface area contributed by atoms with Crippen LogP contribution in [0, 0.1) is 5.41 Å². The molecule has 0 N–H and O–H groups in total. The number of nitrogens with zero attached hydrogens (tertiary/aromatic N) is 2. The SMILES string of the molecule is COC(=O)[C@@H]1CC(N2CCCC(C)(C)C2)CN1C(=O)OC(C)(C)C. The molecule has 1 unspecified atom stereocenters. The first kappa shape index (κ1) is 19.0. The smallest absolute Gasteiger partial charge is 0.411 e. The maximum absolute atomic E-state index is 12.5. The fraction of sp³-hybridized carbons (Fsp3) is 0.889. The van der Waals surface area contributed by atoms with E-state index in [-0.39, 0.29) is 17.4 Å². The number of carbonyl (C=O) groups excluding carboxylic acids is 2. The Morgan fingerprint density at radius 2 is 1.88 bits per heavy atom. The van der Waals surface area contributed by atoms with E-state index in [1.54, 1.807) is 4.90 Å². The van der Waals surface area contributed by atoms with Crippen LogP contribution in [0.4, 0.5) is 4.79 Å². The van der Waals surface area contributed by atoms with Crippen LogP contribution >= 0.6 is 0 Å². The van der Waals surface area contributed by atoms with E-state index in [0.29, 0.717) is 13.0 Å². The molecule has 2 aliphatic rings. The second kappa shape index (κ2) is 6.90. The van der Waals surface area contributed by atoms with Gasteiger partial charge in [0.2, 0.25) is 0 Å².